The molecule has 7 heteroatoms. The van der Waals surface area contributed by atoms with Gasteiger partial charge in [0.2, 0.25) is 0 Å². The van der Waals surface area contributed by atoms with Crippen molar-refractivity contribution in [3.8, 4) is 0 Å². The maximum Gasteiger partial charge on any atom is 0.193 e. The summed E-state index contributed by atoms with van der Waals surface area (Å²) in [6.07, 6.45) is 1.61. The zero-order chi connectivity index (χ0) is 15.9. The molecule has 0 aromatic heterocycles. The van der Waals surface area contributed by atoms with E-state index in [4.69, 9.17) is 4.74 Å². The fraction of sp³-hybridized carbons (Fsp3) is 0.562. The van der Waals surface area contributed by atoms with Crippen molar-refractivity contribution in [2.75, 3.05) is 40.4 Å². The average molecular weight is 439 g/mol. The van der Waals surface area contributed by atoms with E-state index in [1.165, 1.54) is 12.1 Å². The van der Waals surface area contributed by atoms with Crippen LogP contribution in [0.15, 0.2) is 23.2 Å². The van der Waals surface area contributed by atoms with Crippen LogP contribution in [0.3, 0.4) is 0 Å². The van der Waals surface area contributed by atoms with Gasteiger partial charge in [0.1, 0.15) is 11.6 Å². The molecular weight excluding hydrogens is 415 g/mol. The highest BCUT2D eigenvalue weighted by molar-refractivity contribution is 14.0. The van der Waals surface area contributed by atoms with Crippen LogP contribution in [-0.2, 0) is 11.2 Å². The van der Waals surface area contributed by atoms with Crippen LogP contribution in [0.1, 0.15) is 12.0 Å². The minimum absolute atomic E-state index is 0. The normalized spacial score (nSPS) is 17.7. The molecule has 2 rings (SSSR count). The van der Waals surface area contributed by atoms with E-state index >= 15 is 0 Å². The number of hydrogen-bond donors (Lipinski definition) is 1. The molecule has 0 amide bonds. The largest absolute Gasteiger partial charge is 0.381 e. The van der Waals surface area contributed by atoms with E-state index in [0.29, 0.717) is 24.4 Å². The maximum atomic E-state index is 13.1. The lowest BCUT2D eigenvalue weighted by Gasteiger charge is -2.24. The van der Waals surface area contributed by atoms with Crippen LogP contribution >= 0.6 is 24.0 Å². The fourth-order valence-electron chi connectivity index (χ4n) is 2.66. The lowest BCUT2D eigenvalue weighted by atomic mass is 10.1. The highest BCUT2D eigenvalue weighted by Crippen LogP contribution is 2.13. The predicted octanol–water partition coefficient (Wildman–Crippen LogP) is 2.67. The number of guanidine groups is 1. The number of halogens is 3. The van der Waals surface area contributed by atoms with Crippen LogP contribution < -0.4 is 5.32 Å². The van der Waals surface area contributed by atoms with Crippen molar-refractivity contribution in [1.29, 1.82) is 0 Å². The van der Waals surface area contributed by atoms with Crippen LogP contribution in [-0.4, -0.2) is 51.3 Å². The number of nitrogens with one attached hydrogen (secondary N) is 1. The summed E-state index contributed by atoms with van der Waals surface area (Å²) in [6.45, 7) is 3.08. The zero-order valence-electron chi connectivity index (χ0n) is 13.5. The maximum absolute atomic E-state index is 13.1. The van der Waals surface area contributed by atoms with Crippen LogP contribution in [0.2, 0.25) is 0 Å². The lowest BCUT2D eigenvalue weighted by molar-refractivity contribution is 0.181. The third-order valence-electron chi connectivity index (χ3n) is 3.75. The standard InChI is InChI=1S/C16H23F2N3O.HI/c1-19-16(21(2)10-13-4-6-22-11-13)20-5-3-12-7-14(17)9-15(18)8-12;/h7-9,13H,3-6,10-11H2,1-2H3,(H,19,20);1H. The molecular formula is C16H24F2IN3O. The number of hydrogen-bond acceptors (Lipinski definition) is 2. The minimum atomic E-state index is -0.544. The van der Waals surface area contributed by atoms with Crippen molar-refractivity contribution >= 4 is 29.9 Å². The van der Waals surface area contributed by atoms with Crippen LogP contribution in [0.5, 0.6) is 0 Å². The minimum Gasteiger partial charge on any atom is -0.381 e. The second kappa shape index (κ2) is 10.0. The third kappa shape index (κ3) is 6.58. The van der Waals surface area contributed by atoms with Gasteiger partial charge >= 0.3 is 0 Å². The Bertz CT molecular complexity index is 502. The smallest absolute Gasteiger partial charge is 0.193 e. The van der Waals surface area contributed by atoms with Crippen LogP contribution in [0.4, 0.5) is 8.78 Å². The SMILES string of the molecule is CN=C(NCCc1cc(F)cc(F)c1)N(C)CC1CCOC1.I. The van der Waals surface area contributed by atoms with Gasteiger partial charge in [-0.25, -0.2) is 8.78 Å². The molecule has 0 bridgehead atoms. The first-order valence-corrected chi connectivity index (χ1v) is 7.53. The molecule has 4 nitrogen and oxygen atoms in total. The Morgan fingerprint density at radius 1 is 1.35 bits per heavy atom. The Labute approximate surface area is 153 Å². The molecule has 0 saturated carbocycles. The summed E-state index contributed by atoms with van der Waals surface area (Å²) in [5.74, 6) is 0.222. The molecule has 1 atom stereocenters. The van der Waals surface area contributed by atoms with Gasteiger partial charge in [0.25, 0.3) is 0 Å². The summed E-state index contributed by atoms with van der Waals surface area (Å²) in [4.78, 5) is 6.30. The molecule has 1 aliphatic rings. The Hall–Kier alpha value is -0.960. The molecule has 1 N–H and O–H groups in total. The quantitative estimate of drug-likeness (QED) is 0.436. The molecule has 0 aliphatic carbocycles. The van der Waals surface area contributed by atoms with E-state index < -0.39 is 11.6 Å². The van der Waals surface area contributed by atoms with Gasteiger partial charge in [0.15, 0.2) is 5.96 Å². The topological polar surface area (TPSA) is 36.9 Å². The molecule has 1 saturated heterocycles. The second-order valence-corrected chi connectivity index (χ2v) is 5.61. The van der Waals surface area contributed by atoms with Gasteiger partial charge in [0.05, 0.1) is 6.61 Å². The number of benzene rings is 1. The molecule has 130 valence electrons. The number of nitrogens with zero attached hydrogens (tertiary/aromatic N) is 2. The lowest BCUT2D eigenvalue weighted by Crippen LogP contribution is -2.42. The molecule has 1 fully saturated rings. The first-order chi connectivity index (χ1) is 10.6. The predicted molar refractivity (Wildman–Crippen MR) is 98.4 cm³/mol. The Morgan fingerprint density at radius 3 is 2.61 bits per heavy atom. The number of aliphatic imine (C=N–C) groups is 1. The molecule has 1 heterocycles. The fourth-order valence-corrected chi connectivity index (χ4v) is 2.66. The summed E-state index contributed by atoms with van der Waals surface area (Å²) in [5, 5.41) is 3.22. The molecule has 1 unspecified atom stereocenters. The van der Waals surface area contributed by atoms with Gasteiger partial charge in [-0.2, -0.15) is 0 Å². The summed E-state index contributed by atoms with van der Waals surface area (Å²) >= 11 is 0. The van der Waals surface area contributed by atoms with Crippen molar-refractivity contribution in [3.05, 3.63) is 35.4 Å². The van der Waals surface area contributed by atoms with Crippen molar-refractivity contribution in [2.45, 2.75) is 12.8 Å². The molecule has 1 aromatic rings. The average Bonchev–Trinajstić information content (AvgIpc) is 2.95. The van der Waals surface area contributed by atoms with Crippen molar-refractivity contribution in [3.63, 3.8) is 0 Å². The second-order valence-electron chi connectivity index (χ2n) is 5.61. The molecule has 1 aliphatic heterocycles. The van der Waals surface area contributed by atoms with Gasteiger partial charge in [-0.1, -0.05) is 0 Å². The number of ether oxygens (including phenoxy) is 1. The highest BCUT2D eigenvalue weighted by Gasteiger charge is 2.18. The summed E-state index contributed by atoms with van der Waals surface area (Å²) in [5.41, 5.74) is 0.632. The van der Waals surface area contributed by atoms with Crippen LogP contribution in [0, 0.1) is 17.6 Å². The van der Waals surface area contributed by atoms with Gasteiger partial charge in [-0.15, -0.1) is 24.0 Å². The summed E-state index contributed by atoms with van der Waals surface area (Å²) < 4.78 is 31.6. The van der Waals surface area contributed by atoms with E-state index in [0.717, 1.165) is 38.2 Å². The van der Waals surface area contributed by atoms with Gasteiger partial charge < -0.3 is 15.0 Å². The van der Waals surface area contributed by atoms with Gasteiger partial charge in [-0.3, -0.25) is 4.99 Å². The summed E-state index contributed by atoms with van der Waals surface area (Å²) in [7, 11) is 3.71. The molecule has 23 heavy (non-hydrogen) atoms. The Morgan fingerprint density at radius 2 is 2.04 bits per heavy atom. The summed E-state index contributed by atoms with van der Waals surface area (Å²) in [6, 6.07) is 3.59. The zero-order valence-corrected chi connectivity index (χ0v) is 15.8. The Kier molecular flexibility index (Phi) is 8.75. The molecule has 0 spiro atoms. The van der Waals surface area contributed by atoms with Gasteiger partial charge in [0, 0.05) is 45.8 Å². The Balaban J connectivity index is 0.00000264. The van der Waals surface area contributed by atoms with E-state index in [1.54, 1.807) is 7.05 Å². The van der Waals surface area contributed by atoms with E-state index in [9.17, 15) is 8.78 Å². The first-order valence-electron chi connectivity index (χ1n) is 7.53. The van der Waals surface area contributed by atoms with E-state index in [2.05, 4.69) is 15.2 Å². The van der Waals surface area contributed by atoms with E-state index in [-0.39, 0.29) is 24.0 Å². The highest BCUT2D eigenvalue weighted by atomic mass is 127. The number of rotatable bonds is 5. The van der Waals surface area contributed by atoms with Crippen LogP contribution in [0.25, 0.3) is 0 Å². The van der Waals surface area contributed by atoms with E-state index in [1.807, 2.05) is 7.05 Å². The van der Waals surface area contributed by atoms with Gasteiger partial charge in [-0.05, 0) is 30.5 Å². The molecule has 0 radical (unpaired) electrons. The molecule has 1 aromatic carbocycles. The third-order valence-corrected chi connectivity index (χ3v) is 3.75. The first kappa shape index (κ1) is 20.1. The van der Waals surface area contributed by atoms with Crippen molar-refractivity contribution < 1.29 is 13.5 Å². The monoisotopic (exact) mass is 439 g/mol. The van der Waals surface area contributed by atoms with Crippen molar-refractivity contribution in [2.24, 2.45) is 10.9 Å². The van der Waals surface area contributed by atoms with Crippen molar-refractivity contribution in [1.82, 2.24) is 10.2 Å².